The molecule has 0 heterocycles. The van der Waals surface area contributed by atoms with E-state index in [0.29, 0.717) is 28.6 Å². The molecule has 0 radical (unpaired) electrons. The van der Waals surface area contributed by atoms with Gasteiger partial charge in [-0.2, -0.15) is 5.26 Å². The summed E-state index contributed by atoms with van der Waals surface area (Å²) in [7, 11) is 0. The van der Waals surface area contributed by atoms with Crippen molar-refractivity contribution in [3.05, 3.63) is 113 Å². The predicted molar refractivity (Wildman–Crippen MR) is 128 cm³/mol. The highest BCUT2D eigenvalue weighted by atomic mass is 35.5. The Kier molecular flexibility index (Phi) is 6.50. The number of hydrogen-bond donors (Lipinski definition) is 1. The number of nitriles is 1. The van der Waals surface area contributed by atoms with Crippen molar-refractivity contribution in [2.75, 3.05) is 5.32 Å². The third kappa shape index (κ3) is 4.97. The highest BCUT2D eigenvalue weighted by Gasteiger charge is 2.14. The molecule has 0 fully saturated rings. The van der Waals surface area contributed by atoms with E-state index in [2.05, 4.69) is 5.32 Å². The molecular weight excluding hydrogens is 420 g/mol. The number of rotatable bonds is 6. The van der Waals surface area contributed by atoms with Gasteiger partial charge in [-0.3, -0.25) is 4.79 Å². The third-order valence-corrected chi connectivity index (χ3v) is 5.18. The molecule has 0 aliphatic rings. The first kappa shape index (κ1) is 21.2. The van der Waals surface area contributed by atoms with Crippen LogP contribution >= 0.6 is 11.6 Å². The van der Waals surface area contributed by atoms with Crippen LogP contribution in [0.4, 0.5) is 5.69 Å². The first-order valence-corrected chi connectivity index (χ1v) is 10.4. The van der Waals surface area contributed by atoms with E-state index in [9.17, 15) is 10.1 Å². The van der Waals surface area contributed by atoms with Crippen LogP contribution in [0, 0.1) is 11.3 Å². The molecule has 5 heteroatoms. The third-order valence-electron chi connectivity index (χ3n) is 4.92. The van der Waals surface area contributed by atoms with Crippen LogP contribution in [-0.4, -0.2) is 5.91 Å². The van der Waals surface area contributed by atoms with Gasteiger partial charge >= 0.3 is 0 Å². The quantitative estimate of drug-likeness (QED) is 0.272. The second-order valence-electron chi connectivity index (χ2n) is 7.10. The summed E-state index contributed by atoms with van der Waals surface area (Å²) in [6.07, 6.45) is 1.58. The zero-order valence-corrected chi connectivity index (χ0v) is 17.8. The number of carbonyl (C=O) groups excluding carboxylic acids is 1. The van der Waals surface area contributed by atoms with Crippen molar-refractivity contribution in [1.82, 2.24) is 0 Å². The Bertz CT molecular complexity index is 1320. The number of nitrogens with zero attached hydrogens (tertiary/aromatic N) is 1. The van der Waals surface area contributed by atoms with Gasteiger partial charge in [-0.15, -0.1) is 0 Å². The Balaban J connectivity index is 1.69. The molecule has 4 rings (SSSR count). The number of para-hydroxylation sites is 1. The second-order valence-corrected chi connectivity index (χ2v) is 7.54. The normalized spacial score (nSPS) is 11.1. The van der Waals surface area contributed by atoms with E-state index in [1.165, 1.54) is 0 Å². The van der Waals surface area contributed by atoms with Gasteiger partial charge in [0.2, 0.25) is 0 Å². The summed E-state index contributed by atoms with van der Waals surface area (Å²) in [6.45, 7) is 0.328. The van der Waals surface area contributed by atoms with Gasteiger partial charge in [-0.1, -0.05) is 72.3 Å². The summed E-state index contributed by atoms with van der Waals surface area (Å²) in [5.41, 5.74) is 2.24. The molecule has 4 nitrogen and oxygen atoms in total. The monoisotopic (exact) mass is 438 g/mol. The molecule has 156 valence electrons. The molecule has 0 aromatic heterocycles. The van der Waals surface area contributed by atoms with Crippen molar-refractivity contribution >= 4 is 40.0 Å². The van der Waals surface area contributed by atoms with E-state index in [-0.39, 0.29) is 5.57 Å². The van der Waals surface area contributed by atoms with Crippen molar-refractivity contribution in [2.24, 2.45) is 0 Å². The van der Waals surface area contributed by atoms with Gasteiger partial charge in [0.15, 0.2) is 0 Å². The van der Waals surface area contributed by atoms with Crippen molar-refractivity contribution < 1.29 is 9.53 Å². The summed E-state index contributed by atoms with van der Waals surface area (Å²) in [6, 6.07) is 30.1. The summed E-state index contributed by atoms with van der Waals surface area (Å²) < 4.78 is 6.09. The van der Waals surface area contributed by atoms with Gasteiger partial charge in [-0.25, -0.2) is 0 Å². The Morgan fingerprint density at radius 1 is 0.938 bits per heavy atom. The number of fused-ring (bicyclic) bond motifs is 1. The van der Waals surface area contributed by atoms with Gasteiger partial charge in [0.05, 0.1) is 0 Å². The van der Waals surface area contributed by atoms with Gasteiger partial charge < -0.3 is 10.1 Å². The molecular formula is C27H19ClN2O2. The molecule has 0 spiro atoms. The van der Waals surface area contributed by atoms with Crippen molar-refractivity contribution in [3.63, 3.8) is 0 Å². The van der Waals surface area contributed by atoms with Gasteiger partial charge in [0.1, 0.15) is 24.0 Å². The first-order valence-electron chi connectivity index (χ1n) is 10.0. The van der Waals surface area contributed by atoms with Crippen LogP contribution in [0.15, 0.2) is 96.6 Å². The molecule has 0 saturated heterocycles. The minimum absolute atomic E-state index is 0.0125. The number of amides is 1. The molecule has 1 N–H and O–H groups in total. The van der Waals surface area contributed by atoms with E-state index in [1.807, 2.05) is 84.9 Å². The van der Waals surface area contributed by atoms with Crippen LogP contribution in [0.25, 0.3) is 16.8 Å². The fraction of sp³-hybridized carbons (Fsp3) is 0.0370. The number of hydrogen-bond acceptors (Lipinski definition) is 3. The highest BCUT2D eigenvalue weighted by molar-refractivity contribution is 6.30. The highest BCUT2D eigenvalue weighted by Crippen LogP contribution is 2.31. The zero-order chi connectivity index (χ0) is 22.3. The molecule has 4 aromatic rings. The fourth-order valence-corrected chi connectivity index (χ4v) is 3.43. The lowest BCUT2D eigenvalue weighted by atomic mass is 10.0. The number of nitrogens with one attached hydrogen (secondary N) is 1. The van der Waals surface area contributed by atoms with E-state index in [1.54, 1.807) is 18.2 Å². The maximum Gasteiger partial charge on any atom is 0.266 e. The second kappa shape index (κ2) is 9.82. The molecule has 0 aliphatic carbocycles. The van der Waals surface area contributed by atoms with Crippen LogP contribution < -0.4 is 10.1 Å². The smallest absolute Gasteiger partial charge is 0.266 e. The molecule has 0 atom stereocenters. The first-order chi connectivity index (χ1) is 15.6. The van der Waals surface area contributed by atoms with E-state index >= 15 is 0 Å². The maximum atomic E-state index is 12.8. The van der Waals surface area contributed by atoms with Crippen LogP contribution in [0.2, 0.25) is 5.02 Å². The van der Waals surface area contributed by atoms with Gasteiger partial charge in [-0.05, 0) is 52.7 Å². The molecule has 0 saturated carbocycles. The number of ether oxygens (including phenoxy) is 1. The molecule has 4 aromatic carbocycles. The number of anilines is 1. The molecule has 1 amide bonds. The lowest BCUT2D eigenvalue weighted by Gasteiger charge is -2.13. The fourth-order valence-electron chi connectivity index (χ4n) is 3.30. The number of benzene rings is 4. The SMILES string of the molecule is N#C/C(=C/c1c(OCc2ccc(Cl)cc2)ccc2ccccc12)C(=O)Nc1ccccc1. The summed E-state index contributed by atoms with van der Waals surface area (Å²) in [5.74, 6) is 0.106. The lowest BCUT2D eigenvalue weighted by molar-refractivity contribution is -0.112. The number of carbonyl (C=O) groups is 1. The van der Waals surface area contributed by atoms with Crippen LogP contribution in [-0.2, 0) is 11.4 Å². The molecule has 0 unspecified atom stereocenters. The molecule has 0 bridgehead atoms. The van der Waals surface area contributed by atoms with Crippen LogP contribution in [0.5, 0.6) is 5.75 Å². The molecule has 0 aliphatic heterocycles. The summed E-state index contributed by atoms with van der Waals surface area (Å²) in [4.78, 5) is 12.8. The van der Waals surface area contributed by atoms with Gasteiger partial charge in [0, 0.05) is 16.3 Å². The number of halogens is 1. The van der Waals surface area contributed by atoms with Crippen LogP contribution in [0.3, 0.4) is 0 Å². The van der Waals surface area contributed by atoms with E-state index < -0.39 is 5.91 Å². The van der Waals surface area contributed by atoms with Crippen LogP contribution in [0.1, 0.15) is 11.1 Å². The average Bonchev–Trinajstić information content (AvgIpc) is 2.83. The Labute approximate surface area is 191 Å². The minimum atomic E-state index is -0.477. The Hall–Kier alpha value is -4.07. The van der Waals surface area contributed by atoms with Crippen molar-refractivity contribution in [1.29, 1.82) is 5.26 Å². The Morgan fingerprint density at radius 3 is 2.41 bits per heavy atom. The standard InChI is InChI=1S/C27H19ClN2O2/c28-22-13-10-19(11-14-22)18-32-26-15-12-20-6-4-5-9-24(20)25(26)16-21(17-29)27(31)30-23-7-2-1-3-8-23/h1-16H,18H2,(H,30,31)/b21-16-. The predicted octanol–water partition coefficient (Wildman–Crippen LogP) is 6.62. The van der Waals surface area contributed by atoms with E-state index in [4.69, 9.17) is 16.3 Å². The lowest BCUT2D eigenvalue weighted by Crippen LogP contribution is -2.13. The summed E-state index contributed by atoms with van der Waals surface area (Å²) in [5, 5.41) is 15.0. The average molecular weight is 439 g/mol. The zero-order valence-electron chi connectivity index (χ0n) is 17.1. The topological polar surface area (TPSA) is 62.1 Å². The van der Waals surface area contributed by atoms with Crippen molar-refractivity contribution in [3.8, 4) is 11.8 Å². The maximum absolute atomic E-state index is 12.8. The van der Waals surface area contributed by atoms with Crippen molar-refractivity contribution in [2.45, 2.75) is 6.61 Å². The van der Waals surface area contributed by atoms with E-state index in [0.717, 1.165) is 16.3 Å². The largest absolute Gasteiger partial charge is 0.488 e. The molecule has 32 heavy (non-hydrogen) atoms. The van der Waals surface area contributed by atoms with Gasteiger partial charge in [0.25, 0.3) is 5.91 Å². The minimum Gasteiger partial charge on any atom is -0.488 e. The summed E-state index contributed by atoms with van der Waals surface area (Å²) >= 11 is 5.96. The Morgan fingerprint density at radius 2 is 1.66 bits per heavy atom.